The SMILES string of the molecule is C[C@H]1Cc2ccccc2N1C(=O)COC(=O)c1cccnc1. The predicted molar refractivity (Wildman–Crippen MR) is 81.6 cm³/mol. The summed E-state index contributed by atoms with van der Waals surface area (Å²) >= 11 is 0. The van der Waals surface area contributed by atoms with Gasteiger partial charge in [0.25, 0.3) is 5.91 Å². The zero-order chi connectivity index (χ0) is 15.5. The zero-order valence-corrected chi connectivity index (χ0v) is 12.2. The minimum absolute atomic E-state index is 0.0713. The molecule has 1 atom stereocenters. The molecule has 1 aromatic carbocycles. The highest BCUT2D eigenvalue weighted by Gasteiger charge is 2.30. The van der Waals surface area contributed by atoms with E-state index in [2.05, 4.69) is 4.98 Å². The van der Waals surface area contributed by atoms with Gasteiger partial charge in [-0.2, -0.15) is 0 Å². The van der Waals surface area contributed by atoms with Crippen LogP contribution in [0.4, 0.5) is 5.69 Å². The van der Waals surface area contributed by atoms with Gasteiger partial charge in [-0.3, -0.25) is 9.78 Å². The maximum atomic E-state index is 12.4. The van der Waals surface area contributed by atoms with Crippen LogP contribution in [0.1, 0.15) is 22.8 Å². The number of aromatic nitrogens is 1. The highest BCUT2D eigenvalue weighted by atomic mass is 16.5. The van der Waals surface area contributed by atoms with Gasteiger partial charge in [-0.1, -0.05) is 18.2 Å². The van der Waals surface area contributed by atoms with Crippen molar-refractivity contribution in [3.8, 4) is 0 Å². The Hall–Kier alpha value is -2.69. The van der Waals surface area contributed by atoms with E-state index in [1.54, 1.807) is 23.2 Å². The van der Waals surface area contributed by atoms with Gasteiger partial charge in [-0.25, -0.2) is 4.79 Å². The highest BCUT2D eigenvalue weighted by molar-refractivity contribution is 5.99. The van der Waals surface area contributed by atoms with Crippen molar-refractivity contribution in [2.75, 3.05) is 11.5 Å². The van der Waals surface area contributed by atoms with Crippen LogP contribution >= 0.6 is 0 Å². The standard InChI is InChI=1S/C17H16N2O3/c1-12-9-13-5-2-3-7-15(13)19(12)16(20)11-22-17(21)14-6-4-8-18-10-14/h2-8,10,12H,9,11H2,1H3/t12-/m0/s1. The summed E-state index contributed by atoms with van der Waals surface area (Å²) in [4.78, 5) is 29.8. The van der Waals surface area contributed by atoms with Crippen LogP contribution in [0.2, 0.25) is 0 Å². The molecule has 0 bridgehead atoms. The molecule has 0 saturated heterocycles. The van der Waals surface area contributed by atoms with Crippen molar-refractivity contribution >= 4 is 17.6 Å². The number of carbonyl (C=O) groups is 2. The summed E-state index contributed by atoms with van der Waals surface area (Å²) in [6.45, 7) is 1.72. The molecule has 0 saturated carbocycles. The third-order valence-corrected chi connectivity index (χ3v) is 3.70. The van der Waals surface area contributed by atoms with Gasteiger partial charge in [0.15, 0.2) is 6.61 Å². The monoisotopic (exact) mass is 296 g/mol. The summed E-state index contributed by atoms with van der Waals surface area (Å²) in [5.74, 6) is -0.753. The number of anilines is 1. The molecular formula is C17H16N2O3. The fourth-order valence-corrected chi connectivity index (χ4v) is 2.71. The number of nitrogens with zero attached hydrogens (tertiary/aromatic N) is 2. The van der Waals surface area contributed by atoms with Gasteiger partial charge < -0.3 is 9.64 Å². The molecule has 0 unspecified atom stereocenters. The second-order valence-corrected chi connectivity index (χ2v) is 5.26. The Labute approximate surface area is 128 Å². The number of para-hydroxylation sites is 1. The second-order valence-electron chi connectivity index (χ2n) is 5.26. The third-order valence-electron chi connectivity index (χ3n) is 3.70. The Bertz CT molecular complexity index is 700. The van der Waals surface area contributed by atoms with Gasteiger partial charge >= 0.3 is 5.97 Å². The van der Waals surface area contributed by atoms with E-state index in [-0.39, 0.29) is 18.6 Å². The Morgan fingerprint density at radius 3 is 2.86 bits per heavy atom. The number of hydrogen-bond acceptors (Lipinski definition) is 4. The maximum absolute atomic E-state index is 12.4. The topological polar surface area (TPSA) is 59.5 Å². The molecule has 1 aliphatic rings. The van der Waals surface area contributed by atoms with Crippen LogP contribution in [0.25, 0.3) is 0 Å². The fraction of sp³-hybridized carbons (Fsp3) is 0.235. The van der Waals surface area contributed by atoms with Crippen molar-refractivity contribution in [1.82, 2.24) is 4.98 Å². The molecular weight excluding hydrogens is 280 g/mol. The lowest BCUT2D eigenvalue weighted by atomic mass is 10.1. The van der Waals surface area contributed by atoms with Crippen LogP contribution in [0.15, 0.2) is 48.8 Å². The van der Waals surface area contributed by atoms with E-state index in [0.717, 1.165) is 17.7 Å². The molecule has 0 fully saturated rings. The number of pyridine rings is 1. The normalized spacial score (nSPS) is 16.2. The Balaban J connectivity index is 1.67. The average molecular weight is 296 g/mol. The van der Waals surface area contributed by atoms with E-state index in [4.69, 9.17) is 4.74 Å². The van der Waals surface area contributed by atoms with Gasteiger partial charge in [0.2, 0.25) is 0 Å². The van der Waals surface area contributed by atoms with E-state index in [1.165, 1.54) is 6.20 Å². The lowest BCUT2D eigenvalue weighted by molar-refractivity contribution is -0.122. The van der Waals surface area contributed by atoms with Gasteiger partial charge in [-0.15, -0.1) is 0 Å². The largest absolute Gasteiger partial charge is 0.452 e. The lowest BCUT2D eigenvalue weighted by Gasteiger charge is -2.22. The summed E-state index contributed by atoms with van der Waals surface area (Å²) in [6, 6.07) is 11.1. The predicted octanol–water partition coefficient (Wildman–Crippen LogP) is 2.22. The van der Waals surface area contributed by atoms with Gasteiger partial charge in [-0.05, 0) is 37.1 Å². The molecule has 2 heterocycles. The number of ether oxygens (including phenoxy) is 1. The molecule has 2 aromatic rings. The Kier molecular flexibility index (Phi) is 3.87. The number of benzene rings is 1. The van der Waals surface area contributed by atoms with E-state index in [1.807, 2.05) is 31.2 Å². The number of esters is 1. The first-order chi connectivity index (χ1) is 10.7. The average Bonchev–Trinajstić information content (AvgIpc) is 2.89. The molecule has 0 spiro atoms. The minimum Gasteiger partial charge on any atom is -0.452 e. The highest BCUT2D eigenvalue weighted by Crippen LogP contribution is 2.31. The Morgan fingerprint density at radius 2 is 2.09 bits per heavy atom. The molecule has 0 N–H and O–H groups in total. The van der Waals surface area contributed by atoms with Gasteiger partial charge in [0.1, 0.15) is 0 Å². The summed E-state index contributed by atoms with van der Waals surface area (Å²) in [5.41, 5.74) is 2.38. The van der Waals surface area contributed by atoms with Crippen molar-refractivity contribution in [3.05, 3.63) is 59.9 Å². The molecule has 5 nitrogen and oxygen atoms in total. The van der Waals surface area contributed by atoms with Gasteiger partial charge in [0.05, 0.1) is 5.56 Å². The van der Waals surface area contributed by atoms with Crippen molar-refractivity contribution in [1.29, 1.82) is 0 Å². The summed E-state index contributed by atoms with van der Waals surface area (Å²) in [5, 5.41) is 0. The van der Waals surface area contributed by atoms with Crippen molar-refractivity contribution in [2.45, 2.75) is 19.4 Å². The van der Waals surface area contributed by atoms with Crippen molar-refractivity contribution < 1.29 is 14.3 Å². The summed E-state index contributed by atoms with van der Waals surface area (Å²) in [7, 11) is 0. The van der Waals surface area contributed by atoms with Crippen LogP contribution in [0.3, 0.4) is 0 Å². The quantitative estimate of drug-likeness (QED) is 0.815. The maximum Gasteiger partial charge on any atom is 0.340 e. The minimum atomic E-state index is -0.540. The van der Waals surface area contributed by atoms with Crippen LogP contribution in [-0.2, 0) is 16.0 Å². The van der Waals surface area contributed by atoms with Crippen LogP contribution in [0.5, 0.6) is 0 Å². The molecule has 22 heavy (non-hydrogen) atoms. The molecule has 0 radical (unpaired) electrons. The van der Waals surface area contributed by atoms with Crippen LogP contribution in [0, 0.1) is 0 Å². The van der Waals surface area contributed by atoms with E-state index in [0.29, 0.717) is 5.56 Å². The molecule has 1 aromatic heterocycles. The molecule has 1 amide bonds. The summed E-state index contributed by atoms with van der Waals surface area (Å²) in [6.07, 6.45) is 3.81. The number of fused-ring (bicyclic) bond motifs is 1. The number of amides is 1. The third kappa shape index (κ3) is 2.70. The lowest BCUT2D eigenvalue weighted by Crippen LogP contribution is -2.38. The smallest absolute Gasteiger partial charge is 0.340 e. The van der Waals surface area contributed by atoms with Crippen molar-refractivity contribution in [2.24, 2.45) is 0 Å². The van der Waals surface area contributed by atoms with Crippen LogP contribution in [-0.4, -0.2) is 29.5 Å². The fourth-order valence-electron chi connectivity index (χ4n) is 2.71. The number of rotatable bonds is 3. The first kappa shape index (κ1) is 14.3. The number of hydrogen-bond donors (Lipinski definition) is 0. The Morgan fingerprint density at radius 1 is 1.27 bits per heavy atom. The first-order valence-corrected chi connectivity index (χ1v) is 7.14. The van der Waals surface area contributed by atoms with Gasteiger partial charge in [0, 0.05) is 24.1 Å². The molecule has 3 rings (SSSR count). The molecule has 5 heteroatoms. The van der Waals surface area contributed by atoms with Crippen LogP contribution < -0.4 is 4.90 Å². The number of carbonyl (C=O) groups excluding carboxylic acids is 2. The molecule has 1 aliphatic heterocycles. The molecule has 0 aliphatic carbocycles. The molecule has 112 valence electrons. The van der Waals surface area contributed by atoms with E-state index < -0.39 is 5.97 Å². The zero-order valence-electron chi connectivity index (χ0n) is 12.2. The summed E-state index contributed by atoms with van der Waals surface area (Å²) < 4.78 is 5.10. The second kappa shape index (κ2) is 5.97. The van der Waals surface area contributed by atoms with E-state index >= 15 is 0 Å². The van der Waals surface area contributed by atoms with E-state index in [9.17, 15) is 9.59 Å². The van der Waals surface area contributed by atoms with Crippen molar-refractivity contribution in [3.63, 3.8) is 0 Å². The first-order valence-electron chi connectivity index (χ1n) is 7.14.